The molecule has 0 fully saturated rings. The number of hydrogen-bond donors (Lipinski definition) is 0. The van der Waals surface area contributed by atoms with Gasteiger partial charge in [0.25, 0.3) is 0 Å². The van der Waals surface area contributed by atoms with Crippen LogP contribution < -0.4 is 0 Å². The molecule has 0 saturated carbocycles. The molecule has 0 aliphatic heterocycles. The second-order valence-corrected chi connectivity index (χ2v) is 4.41. The maximum Gasteiger partial charge on any atom is 0.303 e. The largest absolute Gasteiger partial charge is 0.465 e. The van der Waals surface area contributed by atoms with Crippen molar-refractivity contribution in [3.63, 3.8) is 0 Å². The number of ether oxygens (including phenoxy) is 3. The first-order valence-electron chi connectivity index (χ1n) is 6.04. The molecule has 0 aromatic heterocycles. The van der Waals surface area contributed by atoms with Gasteiger partial charge in [-0.3, -0.25) is 14.4 Å². The standard InChI is InChI=1S/C13H18O6/c1-8(14)17-7-11-4-5-12(18-9(2)15)13(6-11)19-10(3)16/h4-5,11-13H,6-7H2,1-3H3/t11-,12+,13+/m0/s1. The van der Waals surface area contributed by atoms with E-state index in [1.165, 1.54) is 20.8 Å². The Labute approximate surface area is 111 Å². The van der Waals surface area contributed by atoms with Crippen molar-refractivity contribution in [3.05, 3.63) is 12.2 Å². The highest BCUT2D eigenvalue weighted by molar-refractivity contribution is 5.67. The van der Waals surface area contributed by atoms with Crippen LogP contribution in [-0.4, -0.2) is 36.7 Å². The first-order chi connectivity index (χ1) is 8.88. The van der Waals surface area contributed by atoms with Gasteiger partial charge < -0.3 is 14.2 Å². The molecule has 6 heteroatoms. The lowest BCUT2D eigenvalue weighted by Crippen LogP contribution is -2.38. The van der Waals surface area contributed by atoms with Gasteiger partial charge in [0.15, 0.2) is 6.10 Å². The van der Waals surface area contributed by atoms with E-state index in [4.69, 9.17) is 14.2 Å². The van der Waals surface area contributed by atoms with Crippen molar-refractivity contribution in [3.8, 4) is 0 Å². The Morgan fingerprint density at radius 1 is 1.00 bits per heavy atom. The highest BCUT2D eigenvalue weighted by atomic mass is 16.6. The summed E-state index contributed by atoms with van der Waals surface area (Å²) in [5.74, 6) is -1.30. The van der Waals surface area contributed by atoms with Crippen molar-refractivity contribution < 1.29 is 28.6 Å². The molecular formula is C13H18O6. The van der Waals surface area contributed by atoms with E-state index in [1.54, 1.807) is 12.2 Å². The molecule has 0 aromatic rings. The first kappa shape index (κ1) is 15.2. The average Bonchev–Trinajstić information content (AvgIpc) is 2.28. The summed E-state index contributed by atoms with van der Waals surface area (Å²) in [7, 11) is 0. The van der Waals surface area contributed by atoms with E-state index in [0.717, 1.165) is 0 Å². The Morgan fingerprint density at radius 3 is 2.16 bits per heavy atom. The van der Waals surface area contributed by atoms with Gasteiger partial charge in [0.1, 0.15) is 6.10 Å². The smallest absolute Gasteiger partial charge is 0.303 e. The van der Waals surface area contributed by atoms with Crippen molar-refractivity contribution in [2.24, 2.45) is 5.92 Å². The van der Waals surface area contributed by atoms with Gasteiger partial charge in [0.05, 0.1) is 6.61 Å². The van der Waals surface area contributed by atoms with Gasteiger partial charge in [0.2, 0.25) is 0 Å². The Hall–Kier alpha value is -1.85. The third kappa shape index (κ3) is 5.54. The first-order valence-corrected chi connectivity index (χ1v) is 6.04. The number of rotatable bonds is 4. The van der Waals surface area contributed by atoms with Crippen molar-refractivity contribution in [1.82, 2.24) is 0 Å². The van der Waals surface area contributed by atoms with Gasteiger partial charge in [-0.2, -0.15) is 0 Å². The van der Waals surface area contributed by atoms with Gasteiger partial charge in [-0.1, -0.05) is 6.08 Å². The molecule has 6 nitrogen and oxygen atoms in total. The molecule has 0 aromatic carbocycles. The quantitative estimate of drug-likeness (QED) is 0.430. The normalized spacial score (nSPS) is 25.5. The molecular weight excluding hydrogens is 252 g/mol. The molecule has 0 unspecified atom stereocenters. The predicted octanol–water partition coefficient (Wildman–Crippen LogP) is 0.989. The topological polar surface area (TPSA) is 78.9 Å². The van der Waals surface area contributed by atoms with E-state index in [1.807, 2.05) is 0 Å². The highest BCUT2D eigenvalue weighted by Crippen LogP contribution is 2.23. The number of hydrogen-bond acceptors (Lipinski definition) is 6. The summed E-state index contributed by atoms with van der Waals surface area (Å²) in [4.78, 5) is 32.8. The van der Waals surface area contributed by atoms with Crippen molar-refractivity contribution >= 4 is 17.9 Å². The van der Waals surface area contributed by atoms with Crippen LogP contribution in [0.15, 0.2) is 12.2 Å². The molecule has 3 atom stereocenters. The third-order valence-electron chi connectivity index (χ3n) is 2.59. The summed E-state index contributed by atoms with van der Waals surface area (Å²) >= 11 is 0. The van der Waals surface area contributed by atoms with Crippen LogP contribution in [0, 0.1) is 5.92 Å². The van der Waals surface area contributed by atoms with Gasteiger partial charge in [-0.05, 0) is 12.5 Å². The zero-order valence-electron chi connectivity index (χ0n) is 11.3. The Morgan fingerprint density at radius 2 is 1.63 bits per heavy atom. The molecule has 106 valence electrons. The Balaban J connectivity index is 2.66. The molecule has 19 heavy (non-hydrogen) atoms. The van der Waals surface area contributed by atoms with E-state index >= 15 is 0 Å². The molecule has 1 rings (SSSR count). The fraction of sp³-hybridized carbons (Fsp3) is 0.615. The van der Waals surface area contributed by atoms with Crippen LogP contribution in [0.2, 0.25) is 0 Å². The van der Waals surface area contributed by atoms with Gasteiger partial charge >= 0.3 is 17.9 Å². The average molecular weight is 270 g/mol. The minimum Gasteiger partial charge on any atom is -0.465 e. The predicted molar refractivity (Wildman–Crippen MR) is 65.0 cm³/mol. The Bertz CT molecular complexity index is 387. The minimum atomic E-state index is -0.588. The molecule has 0 amide bonds. The maximum absolute atomic E-state index is 11.0. The van der Waals surface area contributed by atoms with Crippen LogP contribution in [0.1, 0.15) is 27.2 Å². The molecule has 1 aliphatic carbocycles. The fourth-order valence-corrected chi connectivity index (χ4v) is 1.88. The van der Waals surface area contributed by atoms with Crippen LogP contribution in [0.4, 0.5) is 0 Å². The number of carbonyl (C=O) groups excluding carboxylic acids is 3. The maximum atomic E-state index is 11.0. The summed E-state index contributed by atoms with van der Waals surface area (Å²) in [6, 6.07) is 0. The number of carbonyl (C=O) groups is 3. The molecule has 0 heterocycles. The van der Waals surface area contributed by atoms with Gasteiger partial charge in [0, 0.05) is 26.7 Å². The molecule has 0 radical (unpaired) electrons. The molecule has 1 aliphatic rings. The van der Waals surface area contributed by atoms with E-state index < -0.39 is 24.1 Å². The van der Waals surface area contributed by atoms with Crippen molar-refractivity contribution in [1.29, 1.82) is 0 Å². The number of esters is 3. The fourth-order valence-electron chi connectivity index (χ4n) is 1.88. The molecule has 0 saturated heterocycles. The van der Waals surface area contributed by atoms with E-state index in [-0.39, 0.29) is 18.5 Å². The molecule has 0 bridgehead atoms. The second kappa shape index (κ2) is 6.92. The van der Waals surface area contributed by atoms with Gasteiger partial charge in [-0.25, -0.2) is 0 Å². The van der Waals surface area contributed by atoms with Crippen molar-refractivity contribution in [2.75, 3.05) is 6.61 Å². The van der Waals surface area contributed by atoms with Crippen LogP contribution in [0.5, 0.6) is 0 Å². The molecule has 0 N–H and O–H groups in total. The van der Waals surface area contributed by atoms with Crippen LogP contribution in [-0.2, 0) is 28.6 Å². The lowest BCUT2D eigenvalue weighted by atomic mass is 9.92. The van der Waals surface area contributed by atoms with Crippen molar-refractivity contribution in [2.45, 2.75) is 39.4 Å². The monoisotopic (exact) mass is 270 g/mol. The van der Waals surface area contributed by atoms with E-state index in [2.05, 4.69) is 0 Å². The lowest BCUT2D eigenvalue weighted by Gasteiger charge is -2.30. The zero-order chi connectivity index (χ0) is 14.4. The van der Waals surface area contributed by atoms with E-state index in [9.17, 15) is 14.4 Å². The lowest BCUT2D eigenvalue weighted by molar-refractivity contribution is -0.164. The Kier molecular flexibility index (Phi) is 5.54. The molecule has 0 spiro atoms. The summed E-state index contributed by atoms with van der Waals surface area (Å²) < 4.78 is 15.1. The highest BCUT2D eigenvalue weighted by Gasteiger charge is 2.31. The zero-order valence-corrected chi connectivity index (χ0v) is 11.3. The van der Waals surface area contributed by atoms with Crippen LogP contribution >= 0.6 is 0 Å². The second-order valence-electron chi connectivity index (χ2n) is 4.41. The van der Waals surface area contributed by atoms with Crippen LogP contribution in [0.3, 0.4) is 0 Å². The van der Waals surface area contributed by atoms with E-state index in [0.29, 0.717) is 6.42 Å². The SMILES string of the molecule is CC(=O)OC[C@H]1C=C[C@@H](OC(C)=O)[C@H](OC(C)=O)C1. The van der Waals surface area contributed by atoms with Gasteiger partial charge in [-0.15, -0.1) is 0 Å². The third-order valence-corrected chi connectivity index (χ3v) is 2.59. The summed E-state index contributed by atoms with van der Waals surface area (Å²) in [6.45, 7) is 4.14. The summed E-state index contributed by atoms with van der Waals surface area (Å²) in [5, 5.41) is 0. The van der Waals surface area contributed by atoms with Crippen LogP contribution in [0.25, 0.3) is 0 Å². The summed E-state index contributed by atoms with van der Waals surface area (Å²) in [5.41, 5.74) is 0. The minimum absolute atomic E-state index is 0.0555. The summed E-state index contributed by atoms with van der Waals surface area (Å²) in [6.07, 6.45) is 2.77.